The van der Waals surface area contributed by atoms with Crippen LogP contribution in [-0.4, -0.2) is 22.5 Å². The SMILES string of the molecule is CCOc1ccc(C(F)(F)F)cc1NC(=O)CCCc1nc2ccccc2c(=O)[nH]1. The molecular formula is C21H20F3N3O3. The molecule has 0 aliphatic rings. The number of aromatic amines is 1. The maximum atomic E-state index is 13.0. The summed E-state index contributed by atoms with van der Waals surface area (Å²) in [5.74, 6) is 0.151. The molecule has 30 heavy (non-hydrogen) atoms. The van der Waals surface area contributed by atoms with Gasteiger partial charge in [0, 0.05) is 12.8 Å². The molecule has 3 rings (SSSR count). The molecule has 6 nitrogen and oxygen atoms in total. The van der Waals surface area contributed by atoms with Crippen LogP contribution < -0.4 is 15.6 Å². The Morgan fingerprint density at radius 1 is 1.20 bits per heavy atom. The van der Waals surface area contributed by atoms with Crippen molar-refractivity contribution in [3.05, 3.63) is 64.2 Å². The minimum atomic E-state index is -4.53. The van der Waals surface area contributed by atoms with Crippen LogP contribution in [-0.2, 0) is 17.4 Å². The Kier molecular flexibility index (Phi) is 6.39. The topological polar surface area (TPSA) is 84.1 Å². The zero-order valence-corrected chi connectivity index (χ0v) is 16.2. The number of aromatic nitrogens is 2. The van der Waals surface area contributed by atoms with Gasteiger partial charge in [-0.3, -0.25) is 9.59 Å². The van der Waals surface area contributed by atoms with E-state index in [1.165, 1.54) is 6.07 Å². The van der Waals surface area contributed by atoms with Crippen LogP contribution in [0.4, 0.5) is 18.9 Å². The molecule has 2 N–H and O–H groups in total. The molecule has 0 saturated heterocycles. The molecule has 3 aromatic rings. The molecule has 0 radical (unpaired) electrons. The number of H-pyrrole nitrogens is 1. The van der Waals surface area contributed by atoms with Gasteiger partial charge in [0.15, 0.2) is 0 Å². The highest BCUT2D eigenvalue weighted by molar-refractivity contribution is 5.92. The number of amides is 1. The Labute approximate surface area is 170 Å². The molecule has 0 atom stereocenters. The number of benzene rings is 2. The lowest BCUT2D eigenvalue weighted by Gasteiger charge is -2.14. The second-order valence-corrected chi connectivity index (χ2v) is 6.57. The molecule has 0 aliphatic heterocycles. The largest absolute Gasteiger partial charge is 0.492 e. The van der Waals surface area contributed by atoms with Crippen molar-refractivity contribution in [3.8, 4) is 5.75 Å². The van der Waals surface area contributed by atoms with Crippen LogP contribution >= 0.6 is 0 Å². The van der Waals surface area contributed by atoms with Gasteiger partial charge < -0.3 is 15.0 Å². The molecule has 0 bridgehead atoms. The van der Waals surface area contributed by atoms with Crippen LogP contribution in [0.3, 0.4) is 0 Å². The van der Waals surface area contributed by atoms with E-state index < -0.39 is 17.6 Å². The number of aryl methyl sites for hydroxylation is 1. The molecule has 0 unspecified atom stereocenters. The van der Waals surface area contributed by atoms with Gasteiger partial charge in [-0.1, -0.05) is 12.1 Å². The predicted octanol–water partition coefficient (Wildman–Crippen LogP) is 4.30. The standard InChI is InChI=1S/C21H20F3N3O3/c1-2-30-17-11-10-13(21(22,23)24)12-16(17)26-19(28)9-5-8-18-25-15-7-4-3-6-14(15)20(29)27-18/h3-4,6-7,10-12H,2,5,8-9H2,1H3,(H,26,28)(H,25,27,29). The number of hydrogen-bond donors (Lipinski definition) is 2. The number of carbonyl (C=O) groups is 1. The molecule has 1 amide bonds. The van der Waals surface area contributed by atoms with Crippen molar-refractivity contribution in [1.82, 2.24) is 9.97 Å². The third kappa shape index (κ3) is 5.16. The molecule has 0 saturated carbocycles. The Morgan fingerprint density at radius 2 is 1.97 bits per heavy atom. The summed E-state index contributed by atoms with van der Waals surface area (Å²) in [5, 5.41) is 2.96. The number of para-hydroxylation sites is 1. The number of carbonyl (C=O) groups excluding carboxylic acids is 1. The van der Waals surface area contributed by atoms with E-state index in [1.807, 2.05) is 0 Å². The molecule has 0 aliphatic carbocycles. The minimum absolute atomic E-state index is 0.0334. The number of hydrogen-bond acceptors (Lipinski definition) is 4. The average molecular weight is 419 g/mol. The van der Waals surface area contributed by atoms with Crippen LogP contribution in [0.15, 0.2) is 47.3 Å². The summed E-state index contributed by atoms with van der Waals surface area (Å²) in [6.45, 7) is 1.94. The summed E-state index contributed by atoms with van der Waals surface area (Å²) in [6.07, 6.45) is -3.79. The first kappa shape index (κ1) is 21.4. The monoisotopic (exact) mass is 419 g/mol. The molecule has 158 valence electrons. The van der Waals surface area contributed by atoms with E-state index in [9.17, 15) is 22.8 Å². The van der Waals surface area contributed by atoms with E-state index in [2.05, 4.69) is 15.3 Å². The normalized spacial score (nSPS) is 11.5. The maximum absolute atomic E-state index is 13.0. The third-order valence-corrected chi connectivity index (χ3v) is 4.36. The number of halogens is 3. The third-order valence-electron chi connectivity index (χ3n) is 4.36. The quantitative estimate of drug-likeness (QED) is 0.598. The van der Waals surface area contributed by atoms with Crippen LogP contribution in [0.25, 0.3) is 10.9 Å². The number of nitrogens with zero attached hydrogens (tertiary/aromatic N) is 1. The predicted molar refractivity (Wildman–Crippen MR) is 107 cm³/mol. The second kappa shape index (κ2) is 8.98. The first-order valence-corrected chi connectivity index (χ1v) is 9.39. The Hall–Kier alpha value is -3.36. The van der Waals surface area contributed by atoms with E-state index in [4.69, 9.17) is 4.74 Å². The van der Waals surface area contributed by atoms with E-state index in [0.29, 0.717) is 29.6 Å². The van der Waals surface area contributed by atoms with Crippen LogP contribution in [0.5, 0.6) is 5.75 Å². The number of anilines is 1. The number of rotatable bonds is 7. The van der Waals surface area contributed by atoms with Crippen LogP contribution in [0.2, 0.25) is 0 Å². The molecule has 1 aromatic heterocycles. The van der Waals surface area contributed by atoms with Gasteiger partial charge >= 0.3 is 6.18 Å². The van der Waals surface area contributed by atoms with Crippen molar-refractivity contribution in [2.24, 2.45) is 0 Å². The zero-order valence-electron chi connectivity index (χ0n) is 16.2. The number of alkyl halides is 3. The van der Waals surface area contributed by atoms with Gasteiger partial charge in [-0.15, -0.1) is 0 Å². The maximum Gasteiger partial charge on any atom is 0.416 e. The lowest BCUT2D eigenvalue weighted by molar-refractivity contribution is -0.137. The summed E-state index contributed by atoms with van der Waals surface area (Å²) in [6, 6.07) is 9.86. The van der Waals surface area contributed by atoms with E-state index >= 15 is 0 Å². The molecule has 9 heteroatoms. The lowest BCUT2D eigenvalue weighted by atomic mass is 10.1. The Bertz CT molecular complexity index is 1110. The fourth-order valence-corrected chi connectivity index (χ4v) is 2.97. The number of ether oxygens (including phenoxy) is 1. The van der Waals surface area contributed by atoms with Crippen molar-refractivity contribution in [2.75, 3.05) is 11.9 Å². The summed E-state index contributed by atoms with van der Waals surface area (Å²) in [5.41, 5.74) is -0.607. The minimum Gasteiger partial charge on any atom is -0.492 e. The van der Waals surface area contributed by atoms with Gasteiger partial charge in [0.1, 0.15) is 11.6 Å². The van der Waals surface area contributed by atoms with Gasteiger partial charge in [-0.05, 0) is 43.7 Å². The van der Waals surface area contributed by atoms with E-state index in [0.717, 1.165) is 12.1 Å². The average Bonchev–Trinajstić information content (AvgIpc) is 2.69. The van der Waals surface area contributed by atoms with Crippen molar-refractivity contribution in [2.45, 2.75) is 32.4 Å². The summed E-state index contributed by atoms with van der Waals surface area (Å²) < 4.78 is 44.2. The van der Waals surface area contributed by atoms with Gasteiger partial charge in [0.05, 0.1) is 28.8 Å². The summed E-state index contributed by atoms with van der Waals surface area (Å²) in [7, 11) is 0. The van der Waals surface area contributed by atoms with Crippen molar-refractivity contribution in [3.63, 3.8) is 0 Å². The highest BCUT2D eigenvalue weighted by Crippen LogP contribution is 2.35. The first-order valence-electron chi connectivity index (χ1n) is 9.39. The highest BCUT2D eigenvalue weighted by atomic mass is 19.4. The van der Waals surface area contributed by atoms with Crippen LogP contribution in [0.1, 0.15) is 31.2 Å². The summed E-state index contributed by atoms with van der Waals surface area (Å²) in [4.78, 5) is 31.4. The van der Waals surface area contributed by atoms with Crippen LogP contribution in [0, 0.1) is 0 Å². The van der Waals surface area contributed by atoms with Crippen molar-refractivity contribution >= 4 is 22.5 Å². The molecule has 0 fully saturated rings. The Balaban J connectivity index is 1.65. The molecule has 0 spiro atoms. The zero-order chi connectivity index (χ0) is 21.7. The molecular weight excluding hydrogens is 399 g/mol. The number of nitrogens with one attached hydrogen (secondary N) is 2. The van der Waals surface area contributed by atoms with Gasteiger partial charge in [0.2, 0.25) is 5.91 Å². The summed E-state index contributed by atoms with van der Waals surface area (Å²) >= 11 is 0. The van der Waals surface area contributed by atoms with E-state index in [-0.39, 0.29) is 30.0 Å². The Morgan fingerprint density at radius 3 is 2.70 bits per heavy atom. The lowest BCUT2D eigenvalue weighted by Crippen LogP contribution is -2.15. The van der Waals surface area contributed by atoms with Gasteiger partial charge in [-0.2, -0.15) is 13.2 Å². The first-order chi connectivity index (χ1) is 14.3. The highest BCUT2D eigenvalue weighted by Gasteiger charge is 2.31. The molecule has 1 heterocycles. The fraction of sp³-hybridized carbons (Fsp3) is 0.286. The fourth-order valence-electron chi connectivity index (χ4n) is 2.97. The van der Waals surface area contributed by atoms with Crippen molar-refractivity contribution < 1.29 is 22.7 Å². The van der Waals surface area contributed by atoms with E-state index in [1.54, 1.807) is 31.2 Å². The van der Waals surface area contributed by atoms with Gasteiger partial charge in [0.25, 0.3) is 5.56 Å². The van der Waals surface area contributed by atoms with Gasteiger partial charge in [-0.25, -0.2) is 4.98 Å². The second-order valence-electron chi connectivity index (χ2n) is 6.57. The smallest absolute Gasteiger partial charge is 0.416 e. The number of fused-ring (bicyclic) bond motifs is 1. The van der Waals surface area contributed by atoms with Crippen molar-refractivity contribution in [1.29, 1.82) is 0 Å². The molecule has 2 aromatic carbocycles.